The Hall–Kier alpha value is -3.03. The molecule has 0 atom stereocenters. The first-order valence-electron chi connectivity index (χ1n) is 10.6. The third kappa shape index (κ3) is 5.41. The molecule has 3 aromatic rings. The van der Waals surface area contributed by atoms with Gasteiger partial charge in [0.05, 0.1) is 23.6 Å². The largest absolute Gasteiger partial charge is 0.489 e. The van der Waals surface area contributed by atoms with E-state index in [0.717, 1.165) is 29.1 Å². The van der Waals surface area contributed by atoms with Gasteiger partial charge in [0, 0.05) is 37.0 Å². The summed E-state index contributed by atoms with van der Waals surface area (Å²) in [6, 6.07) is 15.6. The number of nitrogens with one attached hydrogen (secondary N) is 1. The number of carboxylic acid groups (broad SMARTS) is 1. The Balaban J connectivity index is 1.30. The Morgan fingerprint density at radius 3 is 2.66 bits per heavy atom. The van der Waals surface area contributed by atoms with Crippen molar-refractivity contribution in [3.05, 3.63) is 64.8 Å². The summed E-state index contributed by atoms with van der Waals surface area (Å²) in [6.45, 7) is 6.43. The molecule has 1 aliphatic heterocycles. The van der Waals surface area contributed by atoms with Gasteiger partial charge in [0.25, 0.3) is 0 Å². The molecule has 1 saturated heterocycles. The fourth-order valence-corrected chi connectivity index (χ4v) is 3.79. The maximum absolute atomic E-state index is 10.9. The molecule has 2 heterocycles. The highest BCUT2D eigenvalue weighted by Gasteiger charge is 2.32. The highest BCUT2D eigenvalue weighted by molar-refractivity contribution is 6.32. The lowest BCUT2D eigenvalue weighted by molar-refractivity contribution is -0.147. The monoisotopic (exact) mass is 455 g/mol. The number of halogens is 1. The second-order valence-corrected chi connectivity index (χ2v) is 8.68. The zero-order chi connectivity index (χ0) is 22.7. The molecular weight excluding hydrogens is 430 g/mol. The number of hydrogen-bond donors (Lipinski definition) is 2. The molecule has 0 saturated carbocycles. The minimum atomic E-state index is -0.711. The van der Waals surface area contributed by atoms with E-state index in [9.17, 15) is 4.79 Å². The van der Waals surface area contributed by atoms with Crippen LogP contribution in [0.2, 0.25) is 5.02 Å². The molecule has 32 heavy (non-hydrogen) atoms. The van der Waals surface area contributed by atoms with Gasteiger partial charge >= 0.3 is 5.97 Å². The Morgan fingerprint density at radius 2 is 2.00 bits per heavy atom. The van der Waals surface area contributed by atoms with Crippen LogP contribution in [0.5, 0.6) is 5.75 Å². The quantitative estimate of drug-likeness (QED) is 0.474. The van der Waals surface area contributed by atoms with E-state index < -0.39 is 5.97 Å². The Labute approximate surface area is 191 Å². The molecule has 8 heteroatoms. The molecule has 0 unspecified atom stereocenters. The van der Waals surface area contributed by atoms with Gasteiger partial charge in [0.15, 0.2) is 5.76 Å². The number of aliphatic carboxylic acids is 1. The standard InChI is InChI=1S/C24H26ClN3O4/c1-15(2)31-22-8-5-17(9-21(22)25)23-10-20(27-32-23)11-26-19-6-3-16(4-7-19)12-28-13-18(14-28)24(29)30/h3-10,15,18,26H,11-14H2,1-2H3,(H,29,30). The smallest absolute Gasteiger partial charge is 0.309 e. The van der Waals surface area contributed by atoms with E-state index in [1.54, 1.807) is 0 Å². The Kier molecular flexibility index (Phi) is 6.67. The van der Waals surface area contributed by atoms with Crippen LogP contribution >= 0.6 is 11.6 Å². The fourth-order valence-electron chi connectivity index (χ4n) is 3.57. The second kappa shape index (κ2) is 9.63. The van der Waals surface area contributed by atoms with Crippen LogP contribution in [0.25, 0.3) is 11.3 Å². The number of carbonyl (C=O) groups is 1. The number of nitrogens with zero attached hydrogens (tertiary/aromatic N) is 2. The SMILES string of the molecule is CC(C)Oc1ccc(-c2cc(CNc3ccc(CN4CC(C(=O)O)C4)cc3)no2)cc1Cl. The lowest BCUT2D eigenvalue weighted by atomic mass is 9.99. The lowest BCUT2D eigenvalue weighted by Gasteiger charge is -2.36. The summed E-state index contributed by atoms with van der Waals surface area (Å²) in [4.78, 5) is 13.0. The molecule has 0 amide bonds. The first-order chi connectivity index (χ1) is 15.4. The normalized spacial score (nSPS) is 14.4. The number of likely N-dealkylation sites (tertiary alicyclic amines) is 1. The summed E-state index contributed by atoms with van der Waals surface area (Å²) < 4.78 is 11.2. The van der Waals surface area contributed by atoms with Crippen LogP contribution in [0.3, 0.4) is 0 Å². The van der Waals surface area contributed by atoms with Gasteiger partial charge in [-0.3, -0.25) is 9.69 Å². The van der Waals surface area contributed by atoms with Crippen LogP contribution in [0.15, 0.2) is 53.1 Å². The van der Waals surface area contributed by atoms with E-state index in [4.69, 9.17) is 26.0 Å². The zero-order valence-electron chi connectivity index (χ0n) is 18.0. The predicted octanol–water partition coefficient (Wildman–Crippen LogP) is 4.91. The van der Waals surface area contributed by atoms with Gasteiger partial charge in [-0.2, -0.15) is 0 Å². The summed E-state index contributed by atoms with van der Waals surface area (Å²) in [6.07, 6.45) is 0.0513. The number of anilines is 1. The van der Waals surface area contributed by atoms with Crippen molar-refractivity contribution in [3.63, 3.8) is 0 Å². The molecule has 168 valence electrons. The molecule has 2 aromatic carbocycles. The highest BCUT2D eigenvalue weighted by Crippen LogP contribution is 2.31. The van der Waals surface area contributed by atoms with Crippen LogP contribution in [-0.4, -0.2) is 40.3 Å². The molecule has 1 fully saturated rings. The van der Waals surface area contributed by atoms with E-state index in [-0.39, 0.29) is 12.0 Å². The number of ether oxygens (including phenoxy) is 1. The molecule has 4 rings (SSSR count). The van der Waals surface area contributed by atoms with Gasteiger partial charge in [0.2, 0.25) is 0 Å². The van der Waals surface area contributed by atoms with Crippen LogP contribution in [0.1, 0.15) is 25.1 Å². The minimum Gasteiger partial charge on any atom is -0.489 e. The van der Waals surface area contributed by atoms with Gasteiger partial charge in [-0.15, -0.1) is 0 Å². The molecule has 7 nitrogen and oxygen atoms in total. The molecule has 1 aliphatic rings. The van der Waals surface area contributed by atoms with Gasteiger partial charge in [0.1, 0.15) is 11.4 Å². The summed E-state index contributed by atoms with van der Waals surface area (Å²) in [5.41, 5.74) is 3.75. The number of benzene rings is 2. The number of hydrogen-bond acceptors (Lipinski definition) is 6. The van der Waals surface area contributed by atoms with Crippen molar-refractivity contribution < 1.29 is 19.2 Å². The number of aromatic nitrogens is 1. The first kappa shape index (κ1) is 22.2. The predicted molar refractivity (Wildman–Crippen MR) is 123 cm³/mol. The van der Waals surface area contributed by atoms with E-state index >= 15 is 0 Å². The minimum absolute atomic E-state index is 0.0513. The summed E-state index contributed by atoms with van der Waals surface area (Å²) in [5, 5.41) is 17.0. The third-order valence-electron chi connectivity index (χ3n) is 5.28. The second-order valence-electron chi connectivity index (χ2n) is 8.27. The molecular formula is C24H26ClN3O4. The van der Waals surface area contributed by atoms with E-state index in [1.807, 2.05) is 62.4 Å². The summed E-state index contributed by atoms with van der Waals surface area (Å²) >= 11 is 6.32. The van der Waals surface area contributed by atoms with Crippen molar-refractivity contribution in [1.82, 2.24) is 10.1 Å². The van der Waals surface area contributed by atoms with Gasteiger partial charge < -0.3 is 19.7 Å². The number of rotatable bonds is 9. The van der Waals surface area contributed by atoms with Crippen molar-refractivity contribution in [2.24, 2.45) is 5.92 Å². The molecule has 0 bridgehead atoms. The topological polar surface area (TPSA) is 87.8 Å². The first-order valence-corrected chi connectivity index (χ1v) is 11.0. The Morgan fingerprint density at radius 1 is 1.25 bits per heavy atom. The van der Waals surface area contributed by atoms with Crippen molar-refractivity contribution in [3.8, 4) is 17.1 Å². The number of carboxylic acids is 1. The maximum atomic E-state index is 10.9. The van der Waals surface area contributed by atoms with E-state index in [2.05, 4.69) is 15.4 Å². The van der Waals surface area contributed by atoms with Gasteiger partial charge in [-0.25, -0.2) is 0 Å². The van der Waals surface area contributed by atoms with Crippen LogP contribution in [0.4, 0.5) is 5.69 Å². The molecule has 0 spiro atoms. The maximum Gasteiger partial charge on any atom is 0.309 e. The lowest BCUT2D eigenvalue weighted by Crippen LogP contribution is -2.49. The van der Waals surface area contributed by atoms with Crippen LogP contribution in [0, 0.1) is 5.92 Å². The van der Waals surface area contributed by atoms with Crippen LogP contribution in [-0.2, 0) is 17.9 Å². The zero-order valence-corrected chi connectivity index (χ0v) is 18.8. The van der Waals surface area contributed by atoms with Crippen molar-refractivity contribution in [2.75, 3.05) is 18.4 Å². The third-order valence-corrected chi connectivity index (χ3v) is 5.57. The van der Waals surface area contributed by atoms with E-state index in [0.29, 0.717) is 36.2 Å². The van der Waals surface area contributed by atoms with Gasteiger partial charge in [-0.05, 0) is 49.7 Å². The fraction of sp³-hybridized carbons (Fsp3) is 0.333. The molecule has 0 radical (unpaired) electrons. The van der Waals surface area contributed by atoms with Crippen molar-refractivity contribution in [2.45, 2.75) is 33.0 Å². The van der Waals surface area contributed by atoms with Gasteiger partial charge in [-0.1, -0.05) is 28.9 Å². The Bertz CT molecular complexity index is 1080. The molecule has 2 N–H and O–H groups in total. The average Bonchev–Trinajstić information content (AvgIpc) is 3.19. The van der Waals surface area contributed by atoms with E-state index in [1.165, 1.54) is 0 Å². The average molecular weight is 456 g/mol. The summed E-state index contributed by atoms with van der Waals surface area (Å²) in [5.74, 6) is 0.345. The highest BCUT2D eigenvalue weighted by atomic mass is 35.5. The van der Waals surface area contributed by atoms with Crippen molar-refractivity contribution >= 4 is 23.3 Å². The summed E-state index contributed by atoms with van der Waals surface area (Å²) in [7, 11) is 0. The van der Waals surface area contributed by atoms with Crippen LogP contribution < -0.4 is 10.1 Å². The van der Waals surface area contributed by atoms with Crippen molar-refractivity contribution in [1.29, 1.82) is 0 Å². The molecule has 1 aromatic heterocycles. The molecule has 0 aliphatic carbocycles.